The van der Waals surface area contributed by atoms with Gasteiger partial charge in [0.25, 0.3) is 0 Å². The molecule has 0 aliphatic rings. The first-order valence-electron chi connectivity index (χ1n) is 4.44. The number of aryl methyl sites for hydroxylation is 1. The molecule has 0 aliphatic heterocycles. The molecule has 0 amide bonds. The quantitative estimate of drug-likeness (QED) is 0.605. The minimum atomic E-state index is 0.0236. The third kappa shape index (κ3) is 1.57. The lowest BCUT2D eigenvalue weighted by Crippen LogP contribution is -2.44. The lowest BCUT2D eigenvalue weighted by Gasteiger charge is -2.00. The van der Waals surface area contributed by atoms with Gasteiger partial charge >= 0.3 is 0 Å². The Morgan fingerprint density at radius 1 is 1.14 bits per heavy atom. The van der Waals surface area contributed by atoms with E-state index >= 15 is 0 Å². The second-order valence-electron chi connectivity index (χ2n) is 3.10. The molecule has 3 heteroatoms. The number of hydrogen-bond acceptors (Lipinski definition) is 1. The molecule has 2 heterocycles. The van der Waals surface area contributed by atoms with Crippen LogP contribution in [0.25, 0.3) is 0 Å². The molecule has 0 unspecified atom stereocenters. The molecule has 0 bridgehead atoms. The minimum absolute atomic E-state index is 0.0236. The molecular weight excluding hydrogens is 176 g/mol. The fourth-order valence-electron chi connectivity index (χ4n) is 1.33. The summed E-state index contributed by atoms with van der Waals surface area (Å²) in [5, 5.41) is 0. The maximum atomic E-state index is 10.9. The van der Waals surface area contributed by atoms with Crippen molar-refractivity contribution < 1.29 is 4.68 Å². The van der Waals surface area contributed by atoms with E-state index in [2.05, 4.69) is 0 Å². The molecule has 3 nitrogen and oxygen atoms in total. The van der Waals surface area contributed by atoms with E-state index in [0.29, 0.717) is 0 Å². The molecule has 0 atom stereocenters. The predicted molar refractivity (Wildman–Crippen MR) is 52.9 cm³/mol. The molecule has 0 fully saturated rings. The minimum Gasteiger partial charge on any atom is -0.290 e. The van der Waals surface area contributed by atoms with E-state index in [4.69, 9.17) is 0 Å². The highest BCUT2D eigenvalue weighted by atomic mass is 16.1. The first kappa shape index (κ1) is 8.69. The summed E-state index contributed by atoms with van der Waals surface area (Å²) in [6, 6.07) is 9.02. The Bertz CT molecular complexity index is 482. The van der Waals surface area contributed by atoms with Gasteiger partial charge in [0.15, 0.2) is 5.43 Å². The number of nitrogens with zero attached hydrogens (tertiary/aromatic N) is 2. The third-order valence-electron chi connectivity index (χ3n) is 2.07. The van der Waals surface area contributed by atoms with Gasteiger partial charge in [-0.05, 0) is 6.07 Å². The van der Waals surface area contributed by atoms with Crippen molar-refractivity contribution in [2.45, 2.75) is 6.92 Å². The van der Waals surface area contributed by atoms with Crippen LogP contribution in [0.15, 0.2) is 53.7 Å². The van der Waals surface area contributed by atoms with Crippen molar-refractivity contribution in [3.63, 3.8) is 0 Å². The summed E-state index contributed by atoms with van der Waals surface area (Å²) < 4.78 is 3.82. The van der Waals surface area contributed by atoms with Crippen molar-refractivity contribution in [3.05, 3.63) is 64.8 Å². The molecule has 2 rings (SSSR count). The van der Waals surface area contributed by atoms with Crippen LogP contribution in [0.4, 0.5) is 0 Å². The standard InChI is InChI=1S/C11H11N2O/c1-10-4-2-3-7-13(10)12-8-5-11(14)6-9-12/h2-9H,1H3/q+1. The fourth-order valence-corrected chi connectivity index (χ4v) is 1.33. The molecule has 0 saturated carbocycles. The monoisotopic (exact) mass is 187 g/mol. The second-order valence-corrected chi connectivity index (χ2v) is 3.10. The van der Waals surface area contributed by atoms with Crippen LogP contribution in [0.1, 0.15) is 5.69 Å². The van der Waals surface area contributed by atoms with Gasteiger partial charge in [0, 0.05) is 31.2 Å². The molecule has 0 N–H and O–H groups in total. The zero-order valence-corrected chi connectivity index (χ0v) is 7.92. The molecule has 0 radical (unpaired) electrons. The average Bonchev–Trinajstić information content (AvgIpc) is 2.20. The highest BCUT2D eigenvalue weighted by molar-refractivity contribution is 4.96. The van der Waals surface area contributed by atoms with Crippen LogP contribution in [0, 0.1) is 6.92 Å². The van der Waals surface area contributed by atoms with Crippen molar-refractivity contribution in [2.24, 2.45) is 0 Å². The second kappa shape index (κ2) is 3.46. The first-order chi connectivity index (χ1) is 6.77. The summed E-state index contributed by atoms with van der Waals surface area (Å²) in [7, 11) is 0. The molecule has 2 aromatic rings. The van der Waals surface area contributed by atoms with Gasteiger partial charge < -0.3 is 0 Å². The van der Waals surface area contributed by atoms with E-state index in [-0.39, 0.29) is 5.43 Å². The summed E-state index contributed by atoms with van der Waals surface area (Å²) in [4.78, 5) is 10.9. The Kier molecular flexibility index (Phi) is 2.14. The number of pyridine rings is 2. The van der Waals surface area contributed by atoms with E-state index in [1.807, 2.05) is 40.7 Å². The summed E-state index contributed by atoms with van der Waals surface area (Å²) in [6.45, 7) is 2.01. The average molecular weight is 187 g/mol. The zero-order valence-electron chi connectivity index (χ0n) is 7.92. The fraction of sp³-hybridized carbons (Fsp3) is 0.0909. The maximum absolute atomic E-state index is 10.9. The van der Waals surface area contributed by atoms with Crippen LogP contribution in [0.3, 0.4) is 0 Å². The van der Waals surface area contributed by atoms with Gasteiger partial charge in [-0.1, -0.05) is 4.68 Å². The number of rotatable bonds is 1. The maximum Gasteiger partial charge on any atom is 0.209 e. The Morgan fingerprint density at radius 2 is 1.86 bits per heavy atom. The van der Waals surface area contributed by atoms with Crippen LogP contribution in [-0.2, 0) is 0 Å². The molecule has 14 heavy (non-hydrogen) atoms. The van der Waals surface area contributed by atoms with Crippen LogP contribution in [0.2, 0.25) is 0 Å². The molecular formula is C11H11N2O+. The summed E-state index contributed by atoms with van der Waals surface area (Å²) >= 11 is 0. The number of hydrogen-bond donors (Lipinski definition) is 0. The van der Waals surface area contributed by atoms with Crippen LogP contribution < -0.4 is 10.1 Å². The summed E-state index contributed by atoms with van der Waals surface area (Å²) in [5.41, 5.74) is 1.13. The van der Waals surface area contributed by atoms with E-state index < -0.39 is 0 Å². The van der Waals surface area contributed by atoms with E-state index in [1.165, 1.54) is 0 Å². The first-order valence-corrected chi connectivity index (χ1v) is 4.44. The highest BCUT2D eigenvalue weighted by Gasteiger charge is 2.04. The van der Waals surface area contributed by atoms with E-state index in [9.17, 15) is 4.79 Å². The van der Waals surface area contributed by atoms with Gasteiger partial charge in [-0.3, -0.25) is 4.79 Å². The summed E-state index contributed by atoms with van der Waals surface area (Å²) in [6.07, 6.45) is 5.43. The van der Waals surface area contributed by atoms with Gasteiger partial charge in [0.05, 0.1) is 12.4 Å². The van der Waals surface area contributed by atoms with Crippen molar-refractivity contribution in [1.29, 1.82) is 0 Å². The molecule has 0 aliphatic carbocycles. The van der Waals surface area contributed by atoms with Crippen molar-refractivity contribution >= 4 is 0 Å². The van der Waals surface area contributed by atoms with Gasteiger partial charge in [0.2, 0.25) is 11.9 Å². The molecule has 70 valence electrons. The van der Waals surface area contributed by atoms with Crippen LogP contribution >= 0.6 is 0 Å². The van der Waals surface area contributed by atoms with Crippen LogP contribution in [-0.4, -0.2) is 4.68 Å². The van der Waals surface area contributed by atoms with Crippen LogP contribution in [0.5, 0.6) is 0 Å². The Labute approximate surface area is 81.8 Å². The Morgan fingerprint density at radius 3 is 2.50 bits per heavy atom. The van der Waals surface area contributed by atoms with E-state index in [0.717, 1.165) is 5.69 Å². The molecule has 0 saturated heterocycles. The smallest absolute Gasteiger partial charge is 0.209 e. The molecule has 0 spiro atoms. The SMILES string of the molecule is Cc1cccc[n+]1-n1ccc(=O)cc1. The lowest BCUT2D eigenvalue weighted by atomic mass is 10.4. The molecule has 2 aromatic heterocycles. The Hall–Kier alpha value is -1.90. The topological polar surface area (TPSA) is 25.9 Å². The predicted octanol–water partition coefficient (Wildman–Crippen LogP) is 0.756. The van der Waals surface area contributed by atoms with Gasteiger partial charge in [0.1, 0.15) is 0 Å². The largest absolute Gasteiger partial charge is 0.290 e. The highest BCUT2D eigenvalue weighted by Crippen LogP contribution is 1.88. The Balaban J connectivity index is 2.55. The van der Waals surface area contributed by atoms with Crippen molar-refractivity contribution in [3.8, 4) is 0 Å². The number of aromatic nitrogens is 2. The van der Waals surface area contributed by atoms with Gasteiger partial charge in [-0.2, -0.15) is 0 Å². The molecule has 0 aromatic carbocycles. The van der Waals surface area contributed by atoms with Crippen molar-refractivity contribution in [1.82, 2.24) is 4.68 Å². The van der Waals surface area contributed by atoms with Crippen molar-refractivity contribution in [2.75, 3.05) is 0 Å². The normalized spacial score (nSPS) is 10.1. The van der Waals surface area contributed by atoms with Gasteiger partial charge in [-0.15, -0.1) is 4.68 Å². The van der Waals surface area contributed by atoms with E-state index in [1.54, 1.807) is 24.5 Å². The summed E-state index contributed by atoms with van der Waals surface area (Å²) in [5.74, 6) is 0. The lowest BCUT2D eigenvalue weighted by molar-refractivity contribution is -0.733. The van der Waals surface area contributed by atoms with Gasteiger partial charge in [-0.25, -0.2) is 0 Å². The zero-order chi connectivity index (χ0) is 9.97. The third-order valence-corrected chi connectivity index (χ3v) is 2.07.